The predicted octanol–water partition coefficient (Wildman–Crippen LogP) is 2.56. The van der Waals surface area contributed by atoms with Gasteiger partial charge in [-0.2, -0.15) is 0 Å². The molecule has 0 fully saturated rings. The van der Waals surface area contributed by atoms with E-state index in [1.165, 1.54) is 6.07 Å². The number of hydrogen-bond donors (Lipinski definition) is 1. The molecule has 1 aromatic rings. The standard InChI is InChI=1S/C10H13BrFNO/c1-7(5-13)6-14-8-2-3-9(11)10(12)4-8/h2-4,7H,5-6,13H2,1H3. The van der Waals surface area contributed by atoms with Crippen molar-refractivity contribution in [2.45, 2.75) is 6.92 Å². The Morgan fingerprint density at radius 3 is 2.86 bits per heavy atom. The second-order valence-electron chi connectivity index (χ2n) is 3.23. The van der Waals surface area contributed by atoms with Gasteiger partial charge >= 0.3 is 0 Å². The molecule has 1 aromatic carbocycles. The summed E-state index contributed by atoms with van der Waals surface area (Å²) < 4.78 is 18.8. The van der Waals surface area contributed by atoms with Crippen LogP contribution in [-0.2, 0) is 0 Å². The van der Waals surface area contributed by atoms with Crippen LogP contribution in [0, 0.1) is 11.7 Å². The van der Waals surface area contributed by atoms with Gasteiger partial charge in [0, 0.05) is 12.0 Å². The van der Waals surface area contributed by atoms with Gasteiger partial charge in [0.15, 0.2) is 0 Å². The predicted molar refractivity (Wildman–Crippen MR) is 57.8 cm³/mol. The van der Waals surface area contributed by atoms with Crippen LogP contribution in [0.4, 0.5) is 4.39 Å². The molecule has 1 unspecified atom stereocenters. The van der Waals surface area contributed by atoms with Gasteiger partial charge in [0.05, 0.1) is 11.1 Å². The molecule has 0 aliphatic rings. The van der Waals surface area contributed by atoms with Gasteiger partial charge in [-0.15, -0.1) is 0 Å². The zero-order valence-electron chi connectivity index (χ0n) is 7.97. The first-order chi connectivity index (χ1) is 6.63. The van der Waals surface area contributed by atoms with E-state index in [4.69, 9.17) is 10.5 Å². The Hall–Kier alpha value is -0.610. The fraction of sp³-hybridized carbons (Fsp3) is 0.400. The Morgan fingerprint density at radius 2 is 2.29 bits per heavy atom. The zero-order valence-corrected chi connectivity index (χ0v) is 9.55. The molecule has 2 N–H and O–H groups in total. The number of nitrogens with two attached hydrogens (primary N) is 1. The lowest BCUT2D eigenvalue weighted by Gasteiger charge is -2.10. The van der Waals surface area contributed by atoms with E-state index in [0.717, 1.165) is 0 Å². The molecule has 0 heterocycles. The van der Waals surface area contributed by atoms with E-state index in [-0.39, 0.29) is 11.7 Å². The summed E-state index contributed by atoms with van der Waals surface area (Å²) in [4.78, 5) is 0. The first kappa shape index (κ1) is 11.5. The smallest absolute Gasteiger partial charge is 0.141 e. The third kappa shape index (κ3) is 3.27. The van der Waals surface area contributed by atoms with Gasteiger partial charge in [-0.1, -0.05) is 6.92 Å². The van der Waals surface area contributed by atoms with Gasteiger partial charge in [-0.05, 0) is 34.6 Å². The van der Waals surface area contributed by atoms with Crippen molar-refractivity contribution >= 4 is 15.9 Å². The van der Waals surface area contributed by atoms with Gasteiger partial charge in [0.1, 0.15) is 11.6 Å². The molecule has 0 bridgehead atoms. The number of ether oxygens (including phenoxy) is 1. The highest BCUT2D eigenvalue weighted by atomic mass is 79.9. The van der Waals surface area contributed by atoms with E-state index in [0.29, 0.717) is 23.4 Å². The lowest BCUT2D eigenvalue weighted by Crippen LogP contribution is -2.18. The van der Waals surface area contributed by atoms with Gasteiger partial charge < -0.3 is 10.5 Å². The van der Waals surface area contributed by atoms with Crippen molar-refractivity contribution in [1.29, 1.82) is 0 Å². The molecular weight excluding hydrogens is 249 g/mol. The zero-order chi connectivity index (χ0) is 10.6. The molecule has 4 heteroatoms. The van der Waals surface area contributed by atoms with Crippen molar-refractivity contribution in [3.8, 4) is 5.75 Å². The van der Waals surface area contributed by atoms with Gasteiger partial charge in [-0.3, -0.25) is 0 Å². The van der Waals surface area contributed by atoms with E-state index < -0.39 is 0 Å². The summed E-state index contributed by atoms with van der Waals surface area (Å²) in [6, 6.07) is 4.70. The van der Waals surface area contributed by atoms with Crippen molar-refractivity contribution in [3.05, 3.63) is 28.5 Å². The van der Waals surface area contributed by atoms with Crippen LogP contribution in [0.3, 0.4) is 0 Å². The summed E-state index contributed by atoms with van der Waals surface area (Å²) in [6.07, 6.45) is 0. The van der Waals surface area contributed by atoms with E-state index in [1.807, 2.05) is 6.92 Å². The van der Waals surface area contributed by atoms with Crippen LogP contribution in [0.25, 0.3) is 0 Å². The van der Waals surface area contributed by atoms with Gasteiger partial charge in [0.25, 0.3) is 0 Å². The second-order valence-corrected chi connectivity index (χ2v) is 4.08. The number of hydrogen-bond acceptors (Lipinski definition) is 2. The fourth-order valence-electron chi connectivity index (χ4n) is 0.873. The normalized spacial score (nSPS) is 12.6. The van der Waals surface area contributed by atoms with E-state index in [1.54, 1.807) is 12.1 Å². The molecule has 0 amide bonds. The third-order valence-electron chi connectivity index (χ3n) is 1.83. The van der Waals surface area contributed by atoms with Crippen LogP contribution in [0.15, 0.2) is 22.7 Å². The minimum absolute atomic E-state index is 0.279. The Kier molecular flexibility index (Phi) is 4.35. The first-order valence-electron chi connectivity index (χ1n) is 4.41. The topological polar surface area (TPSA) is 35.2 Å². The van der Waals surface area contributed by atoms with Crippen LogP contribution in [0.1, 0.15) is 6.92 Å². The summed E-state index contributed by atoms with van der Waals surface area (Å²) in [5, 5.41) is 0. The maximum Gasteiger partial charge on any atom is 0.141 e. The lowest BCUT2D eigenvalue weighted by atomic mass is 10.2. The van der Waals surface area contributed by atoms with E-state index in [9.17, 15) is 4.39 Å². The maximum absolute atomic E-state index is 13.0. The lowest BCUT2D eigenvalue weighted by molar-refractivity contribution is 0.263. The molecule has 1 atom stereocenters. The average Bonchev–Trinajstić information content (AvgIpc) is 2.19. The van der Waals surface area contributed by atoms with E-state index in [2.05, 4.69) is 15.9 Å². The average molecular weight is 262 g/mol. The molecule has 0 saturated carbocycles. The van der Waals surface area contributed by atoms with Crippen molar-refractivity contribution in [1.82, 2.24) is 0 Å². The molecule has 2 nitrogen and oxygen atoms in total. The summed E-state index contributed by atoms with van der Waals surface area (Å²) in [6.45, 7) is 3.06. The molecule has 0 spiro atoms. The number of halogens is 2. The largest absolute Gasteiger partial charge is 0.493 e. The molecule has 0 aromatic heterocycles. The Labute approximate surface area is 91.4 Å². The van der Waals surface area contributed by atoms with Crippen LogP contribution in [-0.4, -0.2) is 13.2 Å². The number of benzene rings is 1. The quantitative estimate of drug-likeness (QED) is 0.905. The van der Waals surface area contributed by atoms with Crippen molar-refractivity contribution in [2.24, 2.45) is 11.7 Å². The molecule has 0 aliphatic carbocycles. The van der Waals surface area contributed by atoms with Crippen LogP contribution in [0.2, 0.25) is 0 Å². The maximum atomic E-state index is 13.0. The molecule has 14 heavy (non-hydrogen) atoms. The van der Waals surface area contributed by atoms with Gasteiger partial charge in [-0.25, -0.2) is 4.39 Å². The number of rotatable bonds is 4. The van der Waals surface area contributed by atoms with Crippen molar-refractivity contribution < 1.29 is 9.13 Å². The Balaban J connectivity index is 2.55. The highest BCUT2D eigenvalue weighted by Crippen LogP contribution is 2.21. The van der Waals surface area contributed by atoms with Crippen LogP contribution < -0.4 is 10.5 Å². The van der Waals surface area contributed by atoms with E-state index >= 15 is 0 Å². The van der Waals surface area contributed by atoms with Crippen molar-refractivity contribution in [3.63, 3.8) is 0 Å². The highest BCUT2D eigenvalue weighted by molar-refractivity contribution is 9.10. The molecule has 78 valence electrons. The highest BCUT2D eigenvalue weighted by Gasteiger charge is 2.03. The molecule has 1 rings (SSSR count). The van der Waals surface area contributed by atoms with Crippen molar-refractivity contribution in [2.75, 3.05) is 13.2 Å². The molecule has 0 aliphatic heterocycles. The van der Waals surface area contributed by atoms with Crippen LogP contribution >= 0.6 is 15.9 Å². The first-order valence-corrected chi connectivity index (χ1v) is 5.20. The minimum atomic E-state index is -0.317. The Bertz CT molecular complexity index is 306. The molecule has 0 saturated heterocycles. The SMILES string of the molecule is CC(CN)COc1ccc(Br)c(F)c1. The summed E-state index contributed by atoms with van der Waals surface area (Å²) in [7, 11) is 0. The molecule has 0 radical (unpaired) electrons. The molecular formula is C10H13BrFNO. The summed E-state index contributed by atoms with van der Waals surface area (Å²) >= 11 is 3.07. The minimum Gasteiger partial charge on any atom is -0.493 e. The summed E-state index contributed by atoms with van der Waals surface area (Å²) in [5.41, 5.74) is 5.43. The second kappa shape index (κ2) is 5.32. The fourth-order valence-corrected chi connectivity index (χ4v) is 1.12. The Morgan fingerprint density at radius 1 is 1.57 bits per heavy atom. The van der Waals surface area contributed by atoms with Gasteiger partial charge in [0.2, 0.25) is 0 Å². The third-order valence-corrected chi connectivity index (χ3v) is 2.47. The van der Waals surface area contributed by atoms with Crippen LogP contribution in [0.5, 0.6) is 5.75 Å². The summed E-state index contributed by atoms with van der Waals surface area (Å²) in [5.74, 6) is 0.496. The monoisotopic (exact) mass is 261 g/mol.